The summed E-state index contributed by atoms with van der Waals surface area (Å²) in [6.45, 7) is 1.37. The molecule has 0 radical (unpaired) electrons. The maximum absolute atomic E-state index is 10.5. The first-order valence-corrected chi connectivity index (χ1v) is 11.1. The molecule has 0 amide bonds. The lowest BCUT2D eigenvalue weighted by Gasteiger charge is -2.23. The average Bonchev–Trinajstić information content (AvgIpc) is 3.63. The van der Waals surface area contributed by atoms with Crippen LogP contribution in [0.5, 0.6) is 5.88 Å². The lowest BCUT2D eigenvalue weighted by molar-refractivity contribution is 0.331. The minimum absolute atomic E-state index is 0.0724. The van der Waals surface area contributed by atoms with Gasteiger partial charge in [0.2, 0.25) is 0 Å². The van der Waals surface area contributed by atoms with E-state index < -0.39 is 0 Å². The molecule has 2 unspecified atom stereocenters. The minimum Gasteiger partial charge on any atom is -0.491 e. The monoisotopic (exact) mass is 451 g/mol. The Morgan fingerprint density at radius 1 is 1.18 bits per heavy atom. The third kappa shape index (κ3) is 3.38. The standard InChI is InChI=1S/C24H21N9O/c25-8-5-20(33-13-16(11-29-33)21-17-6-9-26-22(17)28-14-27-21)15-7-10-32(12-15)23-24(34)31-19-4-2-1-3-18(19)30-23/h1-4,6,9,11,13-15,20H,5,7,10,12H2,(H,31,34)(H,26,27,28). The van der Waals surface area contributed by atoms with Crippen molar-refractivity contribution in [3.63, 3.8) is 0 Å². The van der Waals surface area contributed by atoms with Gasteiger partial charge < -0.3 is 15.0 Å². The molecule has 1 fully saturated rings. The molecule has 5 aromatic rings. The van der Waals surface area contributed by atoms with Crippen LogP contribution < -0.4 is 4.90 Å². The molecule has 5 heterocycles. The van der Waals surface area contributed by atoms with Gasteiger partial charge in [-0.25, -0.2) is 19.9 Å². The fourth-order valence-electron chi connectivity index (χ4n) is 4.80. The number of rotatable bonds is 5. The Labute approximate surface area is 194 Å². The molecule has 1 aromatic carbocycles. The molecule has 168 valence electrons. The fraction of sp³-hybridized carbons (Fsp3) is 0.250. The molecule has 2 N–H and O–H groups in total. The van der Waals surface area contributed by atoms with Crippen LogP contribution in [0.4, 0.5) is 5.82 Å². The van der Waals surface area contributed by atoms with E-state index in [0.29, 0.717) is 24.3 Å². The highest BCUT2D eigenvalue weighted by atomic mass is 16.3. The molecule has 1 saturated heterocycles. The molecule has 1 aliphatic heterocycles. The molecule has 34 heavy (non-hydrogen) atoms. The second-order valence-electron chi connectivity index (χ2n) is 8.46. The van der Waals surface area contributed by atoms with Gasteiger partial charge >= 0.3 is 0 Å². The number of hydrogen-bond donors (Lipinski definition) is 2. The number of benzene rings is 1. The summed E-state index contributed by atoms with van der Waals surface area (Å²) < 4.78 is 1.87. The molecule has 1 aliphatic rings. The van der Waals surface area contributed by atoms with Gasteiger partial charge in [-0.05, 0) is 24.6 Å². The van der Waals surface area contributed by atoms with Crippen LogP contribution >= 0.6 is 0 Å². The summed E-state index contributed by atoms with van der Waals surface area (Å²) in [7, 11) is 0. The van der Waals surface area contributed by atoms with Gasteiger partial charge in [0.1, 0.15) is 12.0 Å². The Kier molecular flexibility index (Phi) is 4.80. The second-order valence-corrected chi connectivity index (χ2v) is 8.46. The topological polar surface area (TPSA) is 132 Å². The van der Waals surface area contributed by atoms with E-state index in [1.165, 1.54) is 6.33 Å². The molecule has 0 aliphatic carbocycles. The number of aromatic nitrogens is 7. The SMILES string of the molecule is N#CCC(C1CCN(c2nc3ccccc3nc2O)C1)n1cc(-c2ncnc3[nH]ccc23)cn1. The second kappa shape index (κ2) is 8.12. The fourth-order valence-corrected chi connectivity index (χ4v) is 4.80. The van der Waals surface area contributed by atoms with Crippen molar-refractivity contribution in [2.75, 3.05) is 18.0 Å². The first-order valence-electron chi connectivity index (χ1n) is 11.1. The van der Waals surface area contributed by atoms with Crippen LogP contribution in [0, 0.1) is 17.2 Å². The zero-order valence-corrected chi connectivity index (χ0v) is 18.2. The van der Waals surface area contributed by atoms with E-state index >= 15 is 0 Å². The number of anilines is 1. The summed E-state index contributed by atoms with van der Waals surface area (Å²) in [4.78, 5) is 22.8. The molecule has 10 heteroatoms. The summed E-state index contributed by atoms with van der Waals surface area (Å²) in [5.74, 6) is 0.573. The number of nitriles is 1. The van der Waals surface area contributed by atoms with Crippen molar-refractivity contribution in [3.05, 3.63) is 55.2 Å². The zero-order chi connectivity index (χ0) is 23.1. The largest absolute Gasteiger partial charge is 0.491 e. The van der Waals surface area contributed by atoms with E-state index in [9.17, 15) is 10.4 Å². The van der Waals surface area contributed by atoms with Crippen molar-refractivity contribution < 1.29 is 5.11 Å². The number of H-pyrrole nitrogens is 1. The molecule has 10 nitrogen and oxygen atoms in total. The van der Waals surface area contributed by atoms with E-state index in [2.05, 4.69) is 36.1 Å². The lowest BCUT2D eigenvalue weighted by atomic mass is 9.96. The number of fused-ring (bicyclic) bond motifs is 2. The van der Waals surface area contributed by atoms with Crippen LogP contribution in [0.2, 0.25) is 0 Å². The molecule has 0 spiro atoms. The first-order chi connectivity index (χ1) is 16.7. The summed E-state index contributed by atoms with van der Waals surface area (Å²) in [5, 5.41) is 25.6. The normalized spacial score (nSPS) is 16.8. The predicted molar refractivity (Wildman–Crippen MR) is 126 cm³/mol. The van der Waals surface area contributed by atoms with Crippen LogP contribution in [0.3, 0.4) is 0 Å². The van der Waals surface area contributed by atoms with E-state index in [1.54, 1.807) is 6.20 Å². The Hall–Kier alpha value is -4.52. The maximum Gasteiger partial charge on any atom is 0.255 e. The smallest absolute Gasteiger partial charge is 0.255 e. The Bertz CT molecular complexity index is 1530. The van der Waals surface area contributed by atoms with Crippen molar-refractivity contribution in [2.45, 2.75) is 18.9 Å². The summed E-state index contributed by atoms with van der Waals surface area (Å²) in [5.41, 5.74) is 3.85. The van der Waals surface area contributed by atoms with Crippen LogP contribution in [0.1, 0.15) is 18.9 Å². The van der Waals surface area contributed by atoms with Gasteiger partial charge in [0, 0.05) is 42.4 Å². The van der Waals surface area contributed by atoms with Crippen LogP contribution in [-0.2, 0) is 0 Å². The highest BCUT2D eigenvalue weighted by Crippen LogP contribution is 2.36. The number of aromatic hydroxyl groups is 1. The average molecular weight is 451 g/mol. The first kappa shape index (κ1) is 20.1. The van der Waals surface area contributed by atoms with E-state index in [0.717, 1.165) is 40.8 Å². The third-order valence-corrected chi connectivity index (χ3v) is 6.47. The van der Waals surface area contributed by atoms with Crippen LogP contribution in [-0.4, -0.2) is 52.9 Å². The lowest BCUT2D eigenvalue weighted by Crippen LogP contribution is -2.25. The highest BCUT2D eigenvalue weighted by Gasteiger charge is 2.33. The molecule has 4 aromatic heterocycles. The van der Waals surface area contributed by atoms with Crippen molar-refractivity contribution >= 4 is 27.9 Å². The molecule has 6 rings (SSSR count). The number of hydrogen-bond acceptors (Lipinski definition) is 8. The van der Waals surface area contributed by atoms with Crippen LogP contribution in [0.25, 0.3) is 33.3 Å². The van der Waals surface area contributed by atoms with Gasteiger partial charge in [-0.2, -0.15) is 10.4 Å². The number of aromatic amines is 1. The molecular weight excluding hydrogens is 430 g/mol. The van der Waals surface area contributed by atoms with Gasteiger partial charge in [0.05, 0.1) is 41.5 Å². The Morgan fingerprint density at radius 3 is 2.88 bits per heavy atom. The summed E-state index contributed by atoms with van der Waals surface area (Å²) in [6, 6.07) is 11.6. The van der Waals surface area contributed by atoms with Gasteiger partial charge in [0.25, 0.3) is 5.88 Å². The quantitative estimate of drug-likeness (QED) is 0.415. The van der Waals surface area contributed by atoms with Crippen molar-refractivity contribution in [1.29, 1.82) is 5.26 Å². The van der Waals surface area contributed by atoms with Gasteiger partial charge in [-0.3, -0.25) is 4.68 Å². The van der Waals surface area contributed by atoms with E-state index in [-0.39, 0.29) is 17.8 Å². The molecular formula is C24H21N9O. The van der Waals surface area contributed by atoms with Gasteiger partial charge in [-0.15, -0.1) is 0 Å². The molecule has 0 bridgehead atoms. The third-order valence-electron chi connectivity index (χ3n) is 6.47. The van der Waals surface area contributed by atoms with Crippen LogP contribution in [0.15, 0.2) is 55.2 Å². The van der Waals surface area contributed by atoms with E-state index in [1.807, 2.05) is 52.3 Å². The minimum atomic E-state index is -0.108. The zero-order valence-electron chi connectivity index (χ0n) is 18.2. The summed E-state index contributed by atoms with van der Waals surface area (Å²) in [6.07, 6.45) is 8.29. The molecule has 0 saturated carbocycles. The predicted octanol–water partition coefficient (Wildman–Crippen LogP) is 3.45. The number of para-hydroxylation sites is 2. The van der Waals surface area contributed by atoms with Gasteiger partial charge in [-0.1, -0.05) is 12.1 Å². The van der Waals surface area contributed by atoms with E-state index in [4.69, 9.17) is 0 Å². The van der Waals surface area contributed by atoms with Gasteiger partial charge in [0.15, 0.2) is 5.82 Å². The summed E-state index contributed by atoms with van der Waals surface area (Å²) >= 11 is 0. The Morgan fingerprint density at radius 2 is 2.03 bits per heavy atom. The Balaban J connectivity index is 1.28. The van der Waals surface area contributed by atoms with Crippen molar-refractivity contribution in [2.24, 2.45) is 5.92 Å². The number of nitrogens with one attached hydrogen (secondary N) is 1. The number of nitrogens with zero attached hydrogens (tertiary/aromatic N) is 8. The van der Waals surface area contributed by atoms with Crippen molar-refractivity contribution in [1.82, 2.24) is 34.7 Å². The molecule has 2 atom stereocenters. The highest BCUT2D eigenvalue weighted by molar-refractivity contribution is 5.90. The maximum atomic E-state index is 10.5. The van der Waals surface area contributed by atoms with Crippen molar-refractivity contribution in [3.8, 4) is 23.2 Å².